The van der Waals surface area contributed by atoms with Gasteiger partial charge in [0.25, 0.3) is 5.91 Å². The van der Waals surface area contributed by atoms with Crippen LogP contribution >= 0.6 is 0 Å². The van der Waals surface area contributed by atoms with Gasteiger partial charge < -0.3 is 10.4 Å². The first-order valence-electron chi connectivity index (χ1n) is 11.2. The molecule has 1 amide bonds. The van der Waals surface area contributed by atoms with E-state index in [-0.39, 0.29) is 5.91 Å². The molecule has 164 valence electrons. The third-order valence-corrected chi connectivity index (χ3v) is 6.52. The summed E-state index contributed by atoms with van der Waals surface area (Å²) >= 11 is 0. The minimum atomic E-state index is -1.12. The van der Waals surface area contributed by atoms with Gasteiger partial charge >= 0.3 is 0 Å². The Morgan fingerprint density at radius 1 is 1.19 bits per heavy atom. The van der Waals surface area contributed by atoms with E-state index in [1.807, 2.05) is 12.1 Å². The van der Waals surface area contributed by atoms with E-state index in [4.69, 9.17) is 5.10 Å². The molecule has 0 bridgehead atoms. The number of nitrogens with zero attached hydrogens (tertiary/aromatic N) is 3. The van der Waals surface area contributed by atoms with Crippen LogP contribution < -0.4 is 5.32 Å². The largest absolute Gasteiger partial charge is 0.386 e. The molecule has 1 aliphatic rings. The molecule has 2 N–H and O–H groups in total. The summed E-state index contributed by atoms with van der Waals surface area (Å²) < 4.78 is 2.08. The van der Waals surface area contributed by atoms with E-state index in [2.05, 4.69) is 35.0 Å². The highest BCUT2D eigenvalue weighted by molar-refractivity contribution is 6.04. The van der Waals surface area contributed by atoms with Crippen molar-refractivity contribution in [3.63, 3.8) is 0 Å². The fourth-order valence-electron chi connectivity index (χ4n) is 4.60. The van der Waals surface area contributed by atoms with Crippen LogP contribution in [0.15, 0.2) is 42.7 Å². The number of nitrogens with one attached hydrogen (secondary N) is 1. The maximum Gasteiger partial charge on any atom is 0.274 e. The maximum absolute atomic E-state index is 12.7. The van der Waals surface area contributed by atoms with Gasteiger partial charge in [-0.05, 0) is 75.6 Å². The average molecular weight is 421 g/mol. The molecule has 0 unspecified atom stereocenters. The van der Waals surface area contributed by atoms with Gasteiger partial charge in [-0.1, -0.05) is 19.9 Å². The number of carbonyl (C=O) groups excluding carboxylic acids is 1. The summed E-state index contributed by atoms with van der Waals surface area (Å²) in [5.74, 6) is 1.23. The monoisotopic (exact) mass is 420 g/mol. The molecule has 1 aromatic carbocycles. The fourth-order valence-corrected chi connectivity index (χ4v) is 4.60. The number of benzene rings is 1. The summed E-state index contributed by atoms with van der Waals surface area (Å²) in [5, 5.41) is 19.5. The fraction of sp³-hybridized carbons (Fsp3) is 0.480. The first kappa shape index (κ1) is 21.5. The number of carbonyl (C=O) groups is 1. The molecular weight excluding hydrogens is 388 g/mol. The van der Waals surface area contributed by atoms with Gasteiger partial charge in [0.1, 0.15) is 5.69 Å². The second-order valence-corrected chi connectivity index (χ2v) is 9.61. The molecular formula is C25H32N4O2. The van der Waals surface area contributed by atoms with Gasteiger partial charge in [-0.25, -0.2) is 0 Å². The molecule has 31 heavy (non-hydrogen) atoms. The quantitative estimate of drug-likeness (QED) is 0.587. The van der Waals surface area contributed by atoms with Crippen LogP contribution in [0.25, 0.3) is 10.9 Å². The standard InChI is InChI=1S/C25H32N4O2/c1-16(2)17-8-10-19(11-9-17)29-15-18-13-23(20(25(3,4)31)14-22(18)28-29)27-24(30)21-7-5-6-12-26-21/h5-7,12-17,19,31H,8-11H2,1-4H3,(H,27,30). The van der Waals surface area contributed by atoms with E-state index in [9.17, 15) is 9.90 Å². The van der Waals surface area contributed by atoms with Crippen LogP contribution in [0.5, 0.6) is 0 Å². The van der Waals surface area contributed by atoms with E-state index < -0.39 is 5.60 Å². The zero-order valence-corrected chi connectivity index (χ0v) is 18.8. The van der Waals surface area contributed by atoms with Crippen LogP contribution in [-0.4, -0.2) is 25.8 Å². The molecule has 1 saturated carbocycles. The number of amides is 1. The van der Waals surface area contributed by atoms with Crippen molar-refractivity contribution in [2.45, 2.75) is 65.0 Å². The molecule has 6 heteroatoms. The molecule has 1 aliphatic carbocycles. The van der Waals surface area contributed by atoms with E-state index in [1.165, 1.54) is 12.8 Å². The number of aliphatic hydroxyl groups is 1. The molecule has 0 atom stereocenters. The van der Waals surface area contributed by atoms with E-state index in [0.717, 1.165) is 35.6 Å². The predicted octanol–water partition coefficient (Wildman–Crippen LogP) is 5.30. The van der Waals surface area contributed by atoms with Crippen molar-refractivity contribution in [1.82, 2.24) is 14.8 Å². The van der Waals surface area contributed by atoms with Crippen molar-refractivity contribution in [3.8, 4) is 0 Å². The van der Waals surface area contributed by atoms with Crippen LogP contribution in [0, 0.1) is 11.8 Å². The first-order valence-corrected chi connectivity index (χ1v) is 11.2. The highest BCUT2D eigenvalue weighted by atomic mass is 16.3. The Kier molecular flexibility index (Phi) is 5.84. The average Bonchev–Trinajstić information content (AvgIpc) is 3.16. The Morgan fingerprint density at radius 2 is 1.94 bits per heavy atom. The van der Waals surface area contributed by atoms with Gasteiger partial charge in [-0.3, -0.25) is 14.5 Å². The molecule has 2 heterocycles. The molecule has 0 radical (unpaired) electrons. The molecule has 6 nitrogen and oxygen atoms in total. The zero-order valence-electron chi connectivity index (χ0n) is 18.8. The molecule has 4 rings (SSSR count). The number of hydrogen-bond acceptors (Lipinski definition) is 4. The number of fused-ring (bicyclic) bond motifs is 1. The number of aromatic nitrogens is 3. The van der Waals surface area contributed by atoms with Crippen LogP contribution in [0.1, 0.15) is 75.5 Å². The van der Waals surface area contributed by atoms with Gasteiger partial charge in [0.15, 0.2) is 0 Å². The van der Waals surface area contributed by atoms with Crippen LogP contribution in [0.3, 0.4) is 0 Å². The molecule has 0 saturated heterocycles. The number of pyridine rings is 1. The normalized spacial score (nSPS) is 19.7. The zero-order chi connectivity index (χ0) is 22.2. The SMILES string of the molecule is CC(C)C1CCC(n2cc3cc(NC(=O)c4ccccn4)c(C(C)(C)O)cc3n2)CC1. The summed E-state index contributed by atoms with van der Waals surface area (Å²) in [6, 6.07) is 9.42. The van der Waals surface area contributed by atoms with Crippen LogP contribution in [0.4, 0.5) is 5.69 Å². The summed E-state index contributed by atoms with van der Waals surface area (Å²) in [7, 11) is 0. The summed E-state index contributed by atoms with van der Waals surface area (Å²) in [6.07, 6.45) is 8.40. The summed E-state index contributed by atoms with van der Waals surface area (Å²) in [5.41, 5.74) is 1.26. The van der Waals surface area contributed by atoms with Gasteiger partial charge in [0.2, 0.25) is 0 Å². The molecule has 0 aliphatic heterocycles. The lowest BCUT2D eigenvalue weighted by Crippen LogP contribution is -2.21. The van der Waals surface area contributed by atoms with Gasteiger partial charge in [0.05, 0.1) is 17.2 Å². The van der Waals surface area contributed by atoms with E-state index in [1.54, 1.807) is 38.2 Å². The lowest BCUT2D eigenvalue weighted by atomic mass is 9.80. The highest BCUT2D eigenvalue weighted by Gasteiger charge is 2.27. The number of hydrogen-bond donors (Lipinski definition) is 2. The molecule has 3 aromatic rings. The second-order valence-electron chi connectivity index (χ2n) is 9.61. The van der Waals surface area contributed by atoms with Crippen molar-refractivity contribution >= 4 is 22.5 Å². The minimum absolute atomic E-state index is 0.301. The second kappa shape index (κ2) is 8.42. The van der Waals surface area contributed by atoms with Crippen molar-refractivity contribution in [1.29, 1.82) is 0 Å². The lowest BCUT2D eigenvalue weighted by molar-refractivity contribution is 0.0793. The van der Waals surface area contributed by atoms with Crippen molar-refractivity contribution in [3.05, 3.63) is 54.0 Å². The van der Waals surface area contributed by atoms with Crippen molar-refractivity contribution in [2.24, 2.45) is 11.8 Å². The van der Waals surface area contributed by atoms with Gasteiger partial charge in [-0.15, -0.1) is 0 Å². The highest BCUT2D eigenvalue weighted by Crippen LogP contribution is 2.37. The maximum atomic E-state index is 12.7. The van der Waals surface area contributed by atoms with E-state index >= 15 is 0 Å². The smallest absolute Gasteiger partial charge is 0.274 e. The van der Waals surface area contributed by atoms with E-state index in [0.29, 0.717) is 23.0 Å². The minimum Gasteiger partial charge on any atom is -0.386 e. The Bertz CT molecular complexity index is 1060. The van der Waals surface area contributed by atoms with Gasteiger partial charge in [0, 0.05) is 29.0 Å². The molecule has 0 spiro atoms. The predicted molar refractivity (Wildman–Crippen MR) is 123 cm³/mol. The summed E-state index contributed by atoms with van der Waals surface area (Å²) in [6.45, 7) is 8.06. The Balaban J connectivity index is 1.64. The lowest BCUT2D eigenvalue weighted by Gasteiger charge is -2.30. The first-order chi connectivity index (χ1) is 14.7. The third kappa shape index (κ3) is 4.64. The Morgan fingerprint density at radius 3 is 2.55 bits per heavy atom. The summed E-state index contributed by atoms with van der Waals surface area (Å²) in [4.78, 5) is 16.8. The molecule has 1 fully saturated rings. The van der Waals surface area contributed by atoms with Crippen molar-refractivity contribution < 1.29 is 9.90 Å². The number of anilines is 1. The van der Waals surface area contributed by atoms with Crippen LogP contribution in [0.2, 0.25) is 0 Å². The molecule has 2 aromatic heterocycles. The van der Waals surface area contributed by atoms with Crippen LogP contribution in [-0.2, 0) is 5.60 Å². The third-order valence-electron chi connectivity index (χ3n) is 6.52. The van der Waals surface area contributed by atoms with Gasteiger partial charge in [-0.2, -0.15) is 5.10 Å². The Labute approximate surface area is 183 Å². The topological polar surface area (TPSA) is 80.0 Å². The Hall–Kier alpha value is -2.73. The number of rotatable bonds is 5. The van der Waals surface area contributed by atoms with Crippen molar-refractivity contribution in [2.75, 3.05) is 5.32 Å².